The van der Waals surface area contributed by atoms with Crippen LogP contribution in [0.4, 0.5) is 26.4 Å². The minimum atomic E-state index is -0.480. The number of nitrogens with zero attached hydrogens (tertiary/aromatic N) is 2. The number of urea groups is 1. The fraction of sp³-hybridized carbons (Fsp3) is 0.200. The highest BCUT2D eigenvalue weighted by atomic mass is 79.9. The summed E-state index contributed by atoms with van der Waals surface area (Å²) < 4.78 is 20.9. The molecule has 144 valence electrons. The summed E-state index contributed by atoms with van der Waals surface area (Å²) in [5.41, 5.74) is 1.28. The van der Waals surface area contributed by atoms with Gasteiger partial charge in [-0.25, -0.2) is 14.2 Å². The molecular weight excluding hydrogens is 427 g/mol. The highest BCUT2D eigenvalue weighted by Crippen LogP contribution is 2.25. The van der Waals surface area contributed by atoms with Gasteiger partial charge in [0.25, 0.3) is 0 Å². The van der Waals surface area contributed by atoms with Crippen LogP contribution in [0.1, 0.15) is 0 Å². The lowest BCUT2D eigenvalue weighted by Crippen LogP contribution is -2.36. The zero-order valence-electron chi connectivity index (χ0n) is 14.9. The van der Waals surface area contributed by atoms with E-state index in [0.29, 0.717) is 30.0 Å². The SMILES string of the molecule is O=C(Nc1ccc(Br)cc1)Nc1cc(F)c2nc(N3CCOCC3)ccc2c1. The number of anilines is 3. The standard InChI is InChI=1S/C20H18BrFN4O2/c21-14-2-4-15(5-3-14)23-20(27)24-16-11-13-1-6-18(25-19(13)17(22)12-16)26-7-9-28-10-8-26/h1-6,11-12H,7-10H2,(H2,23,24,27). The first-order valence-corrected chi connectivity index (χ1v) is 9.64. The molecule has 0 radical (unpaired) electrons. The van der Waals surface area contributed by atoms with Crippen molar-refractivity contribution in [2.75, 3.05) is 41.8 Å². The first-order valence-electron chi connectivity index (χ1n) is 8.85. The fourth-order valence-electron chi connectivity index (χ4n) is 3.05. The number of carbonyl (C=O) groups excluding carboxylic acids is 1. The van der Waals surface area contributed by atoms with E-state index in [1.165, 1.54) is 6.07 Å². The Hall–Kier alpha value is -2.71. The molecule has 1 fully saturated rings. The summed E-state index contributed by atoms with van der Waals surface area (Å²) in [7, 11) is 0. The van der Waals surface area contributed by atoms with Gasteiger partial charge in [-0.05, 0) is 48.5 Å². The van der Waals surface area contributed by atoms with E-state index in [2.05, 4.69) is 36.4 Å². The molecule has 0 bridgehead atoms. The molecule has 2 amide bonds. The molecule has 2 N–H and O–H groups in total. The molecule has 3 aromatic rings. The van der Waals surface area contributed by atoms with Crippen molar-refractivity contribution >= 4 is 50.1 Å². The number of rotatable bonds is 3. The van der Waals surface area contributed by atoms with Crippen molar-refractivity contribution in [1.29, 1.82) is 0 Å². The lowest BCUT2D eigenvalue weighted by atomic mass is 10.2. The number of aromatic nitrogens is 1. The number of halogens is 2. The van der Waals surface area contributed by atoms with Gasteiger partial charge >= 0.3 is 6.03 Å². The van der Waals surface area contributed by atoms with Crippen LogP contribution in [-0.2, 0) is 4.74 Å². The number of pyridine rings is 1. The first kappa shape index (κ1) is 18.6. The highest BCUT2D eigenvalue weighted by Gasteiger charge is 2.15. The van der Waals surface area contributed by atoms with Crippen molar-refractivity contribution in [2.24, 2.45) is 0 Å². The van der Waals surface area contributed by atoms with E-state index in [1.807, 2.05) is 24.3 Å². The third-order valence-corrected chi connectivity index (χ3v) is 4.95. The van der Waals surface area contributed by atoms with Crippen molar-refractivity contribution in [3.63, 3.8) is 0 Å². The van der Waals surface area contributed by atoms with Gasteiger partial charge in [0.2, 0.25) is 0 Å². The first-order chi connectivity index (χ1) is 13.6. The normalized spacial score (nSPS) is 14.1. The second-order valence-electron chi connectivity index (χ2n) is 6.38. The third kappa shape index (κ3) is 4.23. The molecule has 4 rings (SSSR count). The quantitative estimate of drug-likeness (QED) is 0.618. The van der Waals surface area contributed by atoms with Gasteiger partial charge in [0.1, 0.15) is 11.3 Å². The summed E-state index contributed by atoms with van der Waals surface area (Å²) >= 11 is 3.34. The van der Waals surface area contributed by atoms with E-state index < -0.39 is 11.8 Å². The van der Waals surface area contributed by atoms with Crippen LogP contribution >= 0.6 is 15.9 Å². The summed E-state index contributed by atoms with van der Waals surface area (Å²) in [6.07, 6.45) is 0. The number of nitrogens with one attached hydrogen (secondary N) is 2. The minimum absolute atomic E-state index is 0.280. The third-order valence-electron chi connectivity index (χ3n) is 4.43. The Bertz CT molecular complexity index is 1010. The van der Waals surface area contributed by atoms with Crippen LogP contribution in [0.15, 0.2) is 53.0 Å². The van der Waals surface area contributed by atoms with Crippen molar-refractivity contribution < 1.29 is 13.9 Å². The number of amides is 2. The van der Waals surface area contributed by atoms with E-state index in [1.54, 1.807) is 18.2 Å². The maximum absolute atomic E-state index is 14.6. The van der Waals surface area contributed by atoms with Crippen molar-refractivity contribution in [3.05, 3.63) is 58.8 Å². The molecule has 6 nitrogen and oxygen atoms in total. The number of hydrogen-bond donors (Lipinski definition) is 2. The summed E-state index contributed by atoms with van der Waals surface area (Å²) in [5, 5.41) is 5.99. The van der Waals surface area contributed by atoms with E-state index >= 15 is 0 Å². The Morgan fingerprint density at radius 1 is 1.04 bits per heavy atom. The van der Waals surface area contributed by atoms with Gasteiger partial charge in [0, 0.05) is 34.3 Å². The lowest BCUT2D eigenvalue weighted by molar-refractivity contribution is 0.122. The van der Waals surface area contributed by atoms with E-state index in [9.17, 15) is 9.18 Å². The lowest BCUT2D eigenvalue weighted by Gasteiger charge is -2.28. The second kappa shape index (κ2) is 8.12. The molecule has 0 atom stereocenters. The topological polar surface area (TPSA) is 66.5 Å². The van der Waals surface area contributed by atoms with Crippen LogP contribution in [0.5, 0.6) is 0 Å². The van der Waals surface area contributed by atoms with Gasteiger partial charge in [-0.2, -0.15) is 0 Å². The monoisotopic (exact) mass is 444 g/mol. The molecule has 0 unspecified atom stereocenters. The Balaban J connectivity index is 1.51. The Morgan fingerprint density at radius 3 is 2.50 bits per heavy atom. The van der Waals surface area contributed by atoms with Crippen LogP contribution in [0.25, 0.3) is 10.9 Å². The number of ether oxygens (including phenoxy) is 1. The number of carbonyl (C=O) groups is 1. The largest absolute Gasteiger partial charge is 0.378 e. The summed E-state index contributed by atoms with van der Waals surface area (Å²) in [6, 6.07) is 13.4. The smallest absolute Gasteiger partial charge is 0.323 e. The number of fused-ring (bicyclic) bond motifs is 1. The predicted molar refractivity (Wildman–Crippen MR) is 112 cm³/mol. The molecule has 28 heavy (non-hydrogen) atoms. The van der Waals surface area contributed by atoms with E-state index in [4.69, 9.17) is 4.74 Å². The maximum Gasteiger partial charge on any atom is 0.323 e. The Kier molecular flexibility index (Phi) is 5.40. The summed E-state index contributed by atoms with van der Waals surface area (Å²) in [5.74, 6) is 0.245. The van der Waals surface area contributed by atoms with Crippen molar-refractivity contribution in [2.45, 2.75) is 0 Å². The van der Waals surface area contributed by atoms with Gasteiger partial charge in [-0.3, -0.25) is 0 Å². The molecule has 2 heterocycles. The summed E-state index contributed by atoms with van der Waals surface area (Å²) in [6.45, 7) is 2.74. The molecule has 0 spiro atoms. The maximum atomic E-state index is 14.6. The van der Waals surface area contributed by atoms with Crippen LogP contribution in [0, 0.1) is 5.82 Å². The molecule has 8 heteroatoms. The van der Waals surface area contributed by atoms with Gasteiger partial charge in [-0.15, -0.1) is 0 Å². The average molecular weight is 445 g/mol. The molecule has 1 aliphatic rings. The average Bonchev–Trinajstić information content (AvgIpc) is 2.70. The zero-order chi connectivity index (χ0) is 19.5. The van der Waals surface area contributed by atoms with E-state index in [-0.39, 0.29) is 5.52 Å². The summed E-state index contributed by atoms with van der Waals surface area (Å²) in [4.78, 5) is 18.7. The highest BCUT2D eigenvalue weighted by molar-refractivity contribution is 9.10. The van der Waals surface area contributed by atoms with Gasteiger partial charge in [0.05, 0.1) is 13.2 Å². The Labute approximate surface area is 169 Å². The molecule has 0 aliphatic carbocycles. The molecule has 0 saturated carbocycles. The minimum Gasteiger partial charge on any atom is -0.378 e. The van der Waals surface area contributed by atoms with Crippen LogP contribution in [-0.4, -0.2) is 37.3 Å². The molecule has 1 aliphatic heterocycles. The fourth-order valence-corrected chi connectivity index (χ4v) is 3.31. The van der Waals surface area contributed by atoms with Gasteiger partial charge < -0.3 is 20.3 Å². The van der Waals surface area contributed by atoms with Crippen LogP contribution < -0.4 is 15.5 Å². The van der Waals surface area contributed by atoms with Crippen molar-refractivity contribution in [3.8, 4) is 0 Å². The molecule has 2 aromatic carbocycles. The van der Waals surface area contributed by atoms with Crippen molar-refractivity contribution in [1.82, 2.24) is 4.98 Å². The zero-order valence-corrected chi connectivity index (χ0v) is 16.5. The van der Waals surface area contributed by atoms with Gasteiger partial charge in [0.15, 0.2) is 5.82 Å². The molecular formula is C20H18BrFN4O2. The number of hydrogen-bond acceptors (Lipinski definition) is 4. The van der Waals surface area contributed by atoms with E-state index in [0.717, 1.165) is 23.4 Å². The second-order valence-corrected chi connectivity index (χ2v) is 7.30. The predicted octanol–water partition coefficient (Wildman–Crippen LogP) is 4.62. The number of benzene rings is 2. The molecule has 1 aromatic heterocycles. The Morgan fingerprint density at radius 2 is 1.75 bits per heavy atom. The molecule has 1 saturated heterocycles. The van der Waals surface area contributed by atoms with Crippen LogP contribution in [0.3, 0.4) is 0 Å². The van der Waals surface area contributed by atoms with Crippen LogP contribution in [0.2, 0.25) is 0 Å². The van der Waals surface area contributed by atoms with Gasteiger partial charge in [-0.1, -0.05) is 15.9 Å². The number of morpholine rings is 1.